The fourth-order valence-electron chi connectivity index (χ4n) is 6.74. The SMILES string of the molecule is CC(C)C[C@H](NC(=O)[C@H](Cc1ccc(O)cc1)NC(=O)[C@H](CCCN=C(N)N)NC(=O)[C@H](CO)NC(=O)[C@@H](N)CO)C(=O)N[C@@H](Cc1c[nH]c2ccccc12)C(=O)N[C@@H](CCC(N)=O)C(=O)O. The number of carbonyl (C=O) groups excluding carboxylic acids is 7. The van der Waals surface area contributed by atoms with Gasteiger partial charge >= 0.3 is 5.97 Å². The quantitative estimate of drug-likeness (QED) is 0.0190. The number of hydrogen-bond donors (Lipinski definition) is 15. The van der Waals surface area contributed by atoms with E-state index in [-0.39, 0.29) is 69.1 Å². The van der Waals surface area contributed by atoms with Gasteiger partial charge in [-0.05, 0) is 60.9 Å². The van der Waals surface area contributed by atoms with E-state index in [0.29, 0.717) is 16.5 Å². The van der Waals surface area contributed by atoms with Crippen molar-refractivity contribution in [3.05, 3.63) is 65.9 Å². The summed E-state index contributed by atoms with van der Waals surface area (Å²) in [4.78, 5) is 113. The van der Waals surface area contributed by atoms with Crippen LogP contribution in [0.5, 0.6) is 5.75 Å². The Morgan fingerprint density at radius 3 is 1.78 bits per heavy atom. The summed E-state index contributed by atoms with van der Waals surface area (Å²) in [5.74, 6) is -8.37. The van der Waals surface area contributed by atoms with E-state index in [1.165, 1.54) is 24.3 Å². The highest BCUT2D eigenvalue weighted by molar-refractivity contribution is 5.97. The maximum atomic E-state index is 14.4. The first-order valence-electron chi connectivity index (χ1n) is 21.4. The summed E-state index contributed by atoms with van der Waals surface area (Å²) in [6, 6.07) is 2.54. The normalized spacial score (nSPS) is 14.2. The number of aromatic amines is 1. The van der Waals surface area contributed by atoms with E-state index in [2.05, 4.69) is 41.9 Å². The van der Waals surface area contributed by atoms with Crippen molar-refractivity contribution in [3.63, 3.8) is 0 Å². The zero-order valence-corrected chi connectivity index (χ0v) is 37.2. The van der Waals surface area contributed by atoms with Gasteiger partial charge in [0, 0.05) is 42.9 Å². The van der Waals surface area contributed by atoms with Gasteiger partial charge in [-0.15, -0.1) is 0 Å². The molecule has 0 saturated heterocycles. The number of H-pyrrole nitrogens is 1. The number of carboxylic acid groups (broad SMARTS) is 1. The molecule has 366 valence electrons. The molecular formula is C43H62N12O12. The number of nitrogens with one attached hydrogen (secondary N) is 7. The van der Waals surface area contributed by atoms with E-state index in [0.717, 1.165) is 5.52 Å². The molecule has 24 nitrogen and oxygen atoms in total. The molecule has 0 spiro atoms. The number of phenolic OH excluding ortho intramolecular Hbond substituents is 1. The number of hydrogen-bond acceptors (Lipinski definition) is 13. The Bertz CT molecular complexity index is 2210. The number of carboxylic acids is 1. The average Bonchev–Trinajstić information content (AvgIpc) is 3.69. The van der Waals surface area contributed by atoms with Crippen molar-refractivity contribution >= 4 is 64.2 Å². The largest absolute Gasteiger partial charge is 0.508 e. The second-order valence-corrected chi connectivity index (χ2v) is 16.2. The van der Waals surface area contributed by atoms with Gasteiger partial charge in [-0.25, -0.2) is 4.79 Å². The van der Waals surface area contributed by atoms with Gasteiger partial charge in [-0.1, -0.05) is 44.2 Å². The maximum Gasteiger partial charge on any atom is 0.326 e. The summed E-state index contributed by atoms with van der Waals surface area (Å²) in [6.45, 7) is 1.86. The predicted octanol–water partition coefficient (Wildman–Crippen LogP) is -3.67. The molecule has 0 bridgehead atoms. The summed E-state index contributed by atoms with van der Waals surface area (Å²) >= 11 is 0. The molecule has 0 aliphatic heterocycles. The molecule has 24 heteroatoms. The first kappa shape index (κ1) is 54.0. The van der Waals surface area contributed by atoms with Crippen molar-refractivity contribution in [3.8, 4) is 5.75 Å². The van der Waals surface area contributed by atoms with Crippen molar-refractivity contribution in [1.82, 2.24) is 36.9 Å². The number of amides is 7. The lowest BCUT2D eigenvalue weighted by atomic mass is 9.99. The first-order valence-corrected chi connectivity index (χ1v) is 21.4. The average molecular weight is 939 g/mol. The number of aliphatic carboxylic acids is 1. The van der Waals surface area contributed by atoms with Crippen LogP contribution >= 0.6 is 0 Å². The van der Waals surface area contributed by atoms with Crippen molar-refractivity contribution in [2.75, 3.05) is 19.8 Å². The fraction of sp³-hybridized carbons (Fsp3) is 0.465. The number of rotatable bonds is 28. The van der Waals surface area contributed by atoms with Gasteiger partial charge < -0.3 is 80.2 Å². The van der Waals surface area contributed by atoms with Crippen LogP contribution in [0.4, 0.5) is 0 Å². The molecule has 0 saturated carbocycles. The molecule has 3 aromatic rings. The molecule has 7 atom stereocenters. The molecule has 7 amide bonds. The number of aliphatic imine (C=N–C) groups is 1. The Hall–Kier alpha value is -7.31. The smallest absolute Gasteiger partial charge is 0.326 e. The molecule has 3 rings (SSSR count). The fourth-order valence-corrected chi connectivity index (χ4v) is 6.74. The molecule has 0 radical (unpaired) electrons. The number of aromatic hydroxyl groups is 1. The minimum atomic E-state index is -1.61. The minimum Gasteiger partial charge on any atom is -0.508 e. The van der Waals surface area contributed by atoms with Gasteiger partial charge in [0.2, 0.25) is 41.4 Å². The number of carbonyl (C=O) groups is 8. The molecule has 0 fully saturated rings. The van der Waals surface area contributed by atoms with Crippen LogP contribution in [0.1, 0.15) is 57.1 Å². The highest BCUT2D eigenvalue weighted by Crippen LogP contribution is 2.20. The zero-order valence-electron chi connectivity index (χ0n) is 37.2. The number of aliphatic hydroxyl groups excluding tert-OH is 2. The van der Waals surface area contributed by atoms with Crippen LogP contribution in [0, 0.1) is 5.92 Å². The minimum absolute atomic E-state index is 0.00686. The number of nitrogens with two attached hydrogens (primary N) is 4. The van der Waals surface area contributed by atoms with Crippen LogP contribution in [0.25, 0.3) is 10.9 Å². The van der Waals surface area contributed by atoms with Crippen LogP contribution in [0.2, 0.25) is 0 Å². The lowest BCUT2D eigenvalue weighted by Crippen LogP contribution is -2.60. The van der Waals surface area contributed by atoms with Gasteiger partial charge in [0.05, 0.1) is 13.2 Å². The molecule has 0 aliphatic rings. The summed E-state index contributed by atoms with van der Waals surface area (Å²) in [5.41, 5.74) is 23.4. The maximum absolute atomic E-state index is 14.4. The van der Waals surface area contributed by atoms with E-state index in [4.69, 9.17) is 22.9 Å². The standard InChI is InChI=1S/C43H62N12O12/c1-22(2)16-31(38(62)54-33(18-24-19-49-28-7-4-3-6-26(24)28)40(64)51-30(42(66)67)13-14-35(45)59)52-39(63)32(17-23-9-11-25(58)12-10-23)53-37(61)29(8-5-15-48-43(46)47)50-41(65)34(21-57)55-36(60)27(44)20-56/h3-4,6-7,9-12,19,22,27,29-34,49,56-58H,5,8,13-18,20-21,44H2,1-2H3,(H2,45,59)(H,50,65)(H,51,64)(H,52,63)(H,53,61)(H,54,62)(H,55,60)(H,66,67)(H4,46,47,48)/t27-,29-,30-,31-,32-,33-,34-/m0/s1. The number of benzene rings is 2. The van der Waals surface area contributed by atoms with Gasteiger partial charge in [0.15, 0.2) is 5.96 Å². The molecular weight excluding hydrogens is 877 g/mol. The number of phenols is 1. The Balaban J connectivity index is 1.98. The van der Waals surface area contributed by atoms with E-state index >= 15 is 0 Å². The van der Waals surface area contributed by atoms with E-state index in [9.17, 15) is 58.8 Å². The van der Waals surface area contributed by atoms with Crippen molar-refractivity contribution in [2.45, 2.75) is 101 Å². The Labute approximate surface area is 385 Å². The predicted molar refractivity (Wildman–Crippen MR) is 243 cm³/mol. The highest BCUT2D eigenvalue weighted by Gasteiger charge is 2.34. The van der Waals surface area contributed by atoms with Crippen LogP contribution < -0.4 is 54.8 Å². The third-order valence-corrected chi connectivity index (χ3v) is 10.3. The highest BCUT2D eigenvalue weighted by atomic mass is 16.4. The summed E-state index contributed by atoms with van der Waals surface area (Å²) < 4.78 is 0. The summed E-state index contributed by atoms with van der Waals surface area (Å²) in [7, 11) is 0. The molecule has 19 N–H and O–H groups in total. The van der Waals surface area contributed by atoms with Gasteiger partial charge in [0.1, 0.15) is 48.0 Å². The number of aliphatic hydroxyl groups is 2. The molecule has 0 unspecified atom stereocenters. The monoisotopic (exact) mass is 938 g/mol. The molecule has 1 aromatic heterocycles. The van der Waals surface area contributed by atoms with Gasteiger partial charge in [0.25, 0.3) is 0 Å². The van der Waals surface area contributed by atoms with Crippen molar-refractivity contribution < 1.29 is 58.8 Å². The van der Waals surface area contributed by atoms with Crippen LogP contribution in [0.15, 0.2) is 59.7 Å². The summed E-state index contributed by atoms with van der Waals surface area (Å²) in [5, 5.41) is 54.6. The molecule has 1 heterocycles. The van der Waals surface area contributed by atoms with Gasteiger partial charge in [-0.3, -0.25) is 38.6 Å². The van der Waals surface area contributed by atoms with Crippen molar-refractivity contribution in [2.24, 2.45) is 33.8 Å². The lowest BCUT2D eigenvalue weighted by molar-refractivity contribution is -0.142. The van der Waals surface area contributed by atoms with Crippen LogP contribution in [-0.2, 0) is 51.2 Å². The third-order valence-electron chi connectivity index (χ3n) is 10.3. The zero-order chi connectivity index (χ0) is 49.8. The van der Waals surface area contributed by atoms with Crippen molar-refractivity contribution in [1.29, 1.82) is 0 Å². The molecule has 67 heavy (non-hydrogen) atoms. The van der Waals surface area contributed by atoms with E-state index < -0.39 is 103 Å². The number of primary amides is 1. The third kappa shape index (κ3) is 17.9. The number of guanidine groups is 1. The van der Waals surface area contributed by atoms with Gasteiger partial charge in [-0.2, -0.15) is 0 Å². The number of nitrogens with zero attached hydrogens (tertiary/aromatic N) is 1. The first-order chi connectivity index (χ1) is 31.7. The van der Waals surface area contributed by atoms with E-state index in [1.54, 1.807) is 44.3 Å². The molecule has 0 aliphatic carbocycles. The second kappa shape index (κ2) is 26.6. The Morgan fingerprint density at radius 1 is 0.657 bits per heavy atom. The summed E-state index contributed by atoms with van der Waals surface area (Å²) in [6.07, 6.45) is 0.574. The second-order valence-electron chi connectivity index (χ2n) is 16.2. The number of fused-ring (bicyclic) bond motifs is 1. The Morgan fingerprint density at radius 2 is 1.19 bits per heavy atom. The van der Waals surface area contributed by atoms with Crippen LogP contribution in [0.3, 0.4) is 0 Å². The van der Waals surface area contributed by atoms with E-state index in [1.807, 2.05) is 0 Å². The number of para-hydroxylation sites is 1. The number of aromatic nitrogens is 1. The Kier molecular flexibility index (Phi) is 21.5. The lowest BCUT2D eigenvalue weighted by Gasteiger charge is -2.28. The molecule has 2 aromatic carbocycles. The topological polar surface area (TPSA) is 422 Å². The van der Waals surface area contributed by atoms with Crippen LogP contribution in [-0.4, -0.2) is 141 Å².